The number of rotatable bonds is 6. The zero-order valence-corrected chi connectivity index (χ0v) is 12.9. The summed E-state index contributed by atoms with van der Waals surface area (Å²) in [5.41, 5.74) is 1.16. The lowest BCUT2D eigenvalue weighted by Crippen LogP contribution is -2.30. The highest BCUT2D eigenvalue weighted by Crippen LogP contribution is 2.28. The predicted molar refractivity (Wildman–Crippen MR) is 76.1 cm³/mol. The lowest BCUT2D eigenvalue weighted by atomic mass is 9.90. The number of halogens is 1. The molecule has 0 aliphatic heterocycles. The Morgan fingerprint density at radius 2 is 2.00 bits per heavy atom. The van der Waals surface area contributed by atoms with Crippen molar-refractivity contribution in [2.45, 2.75) is 66.0 Å². The zero-order chi connectivity index (χ0) is 13.9. The number of hydrogen-bond donors (Lipinski definition) is 1. The molecule has 4 heteroatoms. The second-order valence-corrected chi connectivity index (χ2v) is 6.03. The number of aliphatic hydroxyl groups is 1. The van der Waals surface area contributed by atoms with E-state index in [2.05, 4.69) is 18.9 Å². The molecular formula is C14H25ClN2O. The van der Waals surface area contributed by atoms with Crippen LogP contribution >= 0.6 is 11.6 Å². The molecule has 0 saturated carbocycles. The third kappa shape index (κ3) is 3.72. The summed E-state index contributed by atoms with van der Waals surface area (Å²) in [4.78, 5) is 0. The molecule has 0 amide bonds. The van der Waals surface area contributed by atoms with Crippen molar-refractivity contribution >= 4 is 11.6 Å². The Morgan fingerprint density at radius 1 is 1.39 bits per heavy atom. The van der Waals surface area contributed by atoms with E-state index < -0.39 is 5.60 Å². The highest BCUT2D eigenvalue weighted by molar-refractivity contribution is 6.31. The molecule has 1 heterocycles. The number of hydrogen-bond acceptors (Lipinski definition) is 2. The van der Waals surface area contributed by atoms with Gasteiger partial charge in [0.25, 0.3) is 0 Å². The molecule has 0 aliphatic carbocycles. The molecule has 18 heavy (non-hydrogen) atoms. The molecule has 0 bridgehead atoms. The van der Waals surface area contributed by atoms with Crippen LogP contribution in [0.15, 0.2) is 0 Å². The maximum Gasteiger partial charge on any atom is 0.0850 e. The normalized spacial score (nSPS) is 15.1. The molecule has 1 atom stereocenters. The standard InChI is InChI=1S/C14H25ClN2O/c1-6-11-13(15)12(17(7-2)16-11)9-14(5,18)8-10(3)4/h10,18H,6-9H2,1-5H3. The molecule has 3 nitrogen and oxygen atoms in total. The van der Waals surface area contributed by atoms with Gasteiger partial charge in [-0.15, -0.1) is 0 Å². The van der Waals surface area contributed by atoms with E-state index in [1.165, 1.54) is 0 Å². The fourth-order valence-electron chi connectivity index (χ4n) is 2.50. The molecule has 0 aliphatic rings. The molecule has 0 saturated heterocycles. The molecule has 104 valence electrons. The van der Waals surface area contributed by atoms with Crippen LogP contribution in [0.1, 0.15) is 52.4 Å². The fraction of sp³-hybridized carbons (Fsp3) is 0.786. The van der Waals surface area contributed by atoms with Gasteiger partial charge in [-0.1, -0.05) is 32.4 Å². The van der Waals surface area contributed by atoms with E-state index in [0.29, 0.717) is 12.3 Å². The van der Waals surface area contributed by atoms with Crippen LogP contribution in [0.3, 0.4) is 0 Å². The van der Waals surface area contributed by atoms with Gasteiger partial charge in [-0.3, -0.25) is 4.68 Å². The quantitative estimate of drug-likeness (QED) is 0.861. The summed E-state index contributed by atoms with van der Waals surface area (Å²) in [7, 11) is 0. The van der Waals surface area contributed by atoms with Gasteiger partial charge < -0.3 is 5.11 Å². The van der Waals surface area contributed by atoms with Crippen LogP contribution in [-0.4, -0.2) is 20.5 Å². The molecule has 1 N–H and O–H groups in total. The molecule has 0 radical (unpaired) electrons. The van der Waals surface area contributed by atoms with Crippen molar-refractivity contribution in [3.63, 3.8) is 0 Å². The average molecular weight is 273 g/mol. The van der Waals surface area contributed by atoms with Gasteiger partial charge in [-0.2, -0.15) is 5.10 Å². The molecule has 0 fully saturated rings. The van der Waals surface area contributed by atoms with Gasteiger partial charge in [-0.25, -0.2) is 0 Å². The largest absolute Gasteiger partial charge is 0.390 e. The van der Waals surface area contributed by atoms with Crippen LogP contribution in [0.2, 0.25) is 5.02 Å². The zero-order valence-electron chi connectivity index (χ0n) is 12.1. The van der Waals surface area contributed by atoms with Crippen molar-refractivity contribution in [3.8, 4) is 0 Å². The Balaban J connectivity index is 2.99. The summed E-state index contributed by atoms with van der Waals surface area (Å²) in [6, 6.07) is 0. The summed E-state index contributed by atoms with van der Waals surface area (Å²) in [5.74, 6) is 0.461. The van der Waals surface area contributed by atoms with Crippen LogP contribution in [0, 0.1) is 5.92 Å². The first-order valence-corrected chi connectivity index (χ1v) is 7.15. The third-order valence-corrected chi connectivity index (χ3v) is 3.53. The third-order valence-electron chi connectivity index (χ3n) is 3.09. The topological polar surface area (TPSA) is 38.0 Å². The summed E-state index contributed by atoms with van der Waals surface area (Å²) < 4.78 is 1.91. The van der Waals surface area contributed by atoms with E-state index in [0.717, 1.165) is 35.8 Å². The van der Waals surface area contributed by atoms with Crippen LogP contribution in [0.4, 0.5) is 0 Å². The SMILES string of the molecule is CCc1nn(CC)c(CC(C)(O)CC(C)C)c1Cl. The highest BCUT2D eigenvalue weighted by Gasteiger charge is 2.26. The number of aromatic nitrogens is 2. The Labute approximate surface area is 115 Å². The lowest BCUT2D eigenvalue weighted by Gasteiger charge is -2.25. The van der Waals surface area contributed by atoms with Gasteiger partial charge in [0.1, 0.15) is 0 Å². The van der Waals surface area contributed by atoms with E-state index in [9.17, 15) is 5.11 Å². The summed E-state index contributed by atoms with van der Waals surface area (Å²) in [6.07, 6.45) is 2.15. The first-order chi connectivity index (χ1) is 8.30. The van der Waals surface area contributed by atoms with Crippen molar-refractivity contribution in [2.75, 3.05) is 0 Å². The van der Waals surface area contributed by atoms with Crippen molar-refractivity contribution < 1.29 is 5.11 Å². The van der Waals surface area contributed by atoms with E-state index in [1.807, 2.05) is 25.5 Å². The maximum absolute atomic E-state index is 10.5. The van der Waals surface area contributed by atoms with Gasteiger partial charge in [-0.05, 0) is 32.6 Å². The smallest absolute Gasteiger partial charge is 0.0850 e. The summed E-state index contributed by atoms with van der Waals surface area (Å²) >= 11 is 6.36. The van der Waals surface area contributed by atoms with Crippen molar-refractivity contribution in [3.05, 3.63) is 16.4 Å². The van der Waals surface area contributed by atoms with Crippen LogP contribution in [0.25, 0.3) is 0 Å². The van der Waals surface area contributed by atoms with Crippen LogP contribution < -0.4 is 0 Å². The van der Waals surface area contributed by atoms with Gasteiger partial charge in [0, 0.05) is 13.0 Å². The minimum absolute atomic E-state index is 0.461. The van der Waals surface area contributed by atoms with Crippen LogP contribution in [0.5, 0.6) is 0 Å². The molecule has 1 rings (SSSR count). The second-order valence-electron chi connectivity index (χ2n) is 5.65. The Morgan fingerprint density at radius 3 is 2.44 bits per heavy atom. The summed E-state index contributed by atoms with van der Waals surface area (Å²) in [6.45, 7) is 11.0. The van der Waals surface area contributed by atoms with Gasteiger partial charge in [0.05, 0.1) is 22.0 Å². The number of nitrogens with zero attached hydrogens (tertiary/aromatic N) is 2. The molecular weight excluding hydrogens is 248 g/mol. The van der Waals surface area contributed by atoms with E-state index in [1.54, 1.807) is 0 Å². The van der Waals surface area contributed by atoms with Gasteiger partial charge in [0.15, 0.2) is 0 Å². The van der Waals surface area contributed by atoms with E-state index in [4.69, 9.17) is 11.6 Å². The van der Waals surface area contributed by atoms with Crippen molar-refractivity contribution in [2.24, 2.45) is 5.92 Å². The molecule has 1 aromatic rings. The van der Waals surface area contributed by atoms with Gasteiger partial charge in [0.2, 0.25) is 0 Å². The first-order valence-electron chi connectivity index (χ1n) is 6.77. The van der Waals surface area contributed by atoms with Crippen molar-refractivity contribution in [1.29, 1.82) is 0 Å². The average Bonchev–Trinajstić information content (AvgIpc) is 2.53. The maximum atomic E-state index is 10.5. The number of aryl methyl sites for hydroxylation is 2. The van der Waals surface area contributed by atoms with Crippen molar-refractivity contribution in [1.82, 2.24) is 9.78 Å². The highest BCUT2D eigenvalue weighted by atomic mass is 35.5. The summed E-state index contributed by atoms with van der Waals surface area (Å²) in [5, 5.41) is 15.7. The van der Waals surface area contributed by atoms with E-state index in [-0.39, 0.29) is 0 Å². The Bertz CT molecular complexity index is 397. The first kappa shape index (κ1) is 15.5. The minimum Gasteiger partial charge on any atom is -0.390 e. The van der Waals surface area contributed by atoms with Gasteiger partial charge >= 0.3 is 0 Å². The Kier molecular flexibility index (Phi) is 5.23. The fourth-order valence-corrected chi connectivity index (χ4v) is 2.83. The molecule has 1 aromatic heterocycles. The minimum atomic E-state index is -0.726. The van der Waals surface area contributed by atoms with Crippen LogP contribution in [-0.2, 0) is 19.4 Å². The molecule has 0 aromatic carbocycles. The Hall–Kier alpha value is -0.540. The molecule has 1 unspecified atom stereocenters. The second kappa shape index (κ2) is 6.07. The predicted octanol–water partition coefficient (Wildman–Crippen LogP) is 3.46. The monoisotopic (exact) mass is 272 g/mol. The molecule has 0 spiro atoms. The van der Waals surface area contributed by atoms with E-state index >= 15 is 0 Å². The lowest BCUT2D eigenvalue weighted by molar-refractivity contribution is 0.0369.